The molecule has 102 valence electrons. The van der Waals surface area contributed by atoms with E-state index in [1.165, 1.54) is 5.56 Å². The maximum atomic E-state index is 8.74. The van der Waals surface area contributed by atoms with Gasteiger partial charge in [0.05, 0.1) is 11.9 Å². The minimum atomic E-state index is -0.0221. The molecule has 0 aliphatic heterocycles. The molecular weight excluding hydrogens is 246 g/mol. The predicted octanol–water partition coefficient (Wildman–Crippen LogP) is 3.78. The van der Waals surface area contributed by atoms with Gasteiger partial charge in [-0.2, -0.15) is 5.26 Å². The molecule has 2 aromatic rings. The molecule has 0 unspecified atom stereocenters. The van der Waals surface area contributed by atoms with E-state index in [1.807, 2.05) is 18.2 Å². The topological polar surface area (TPSA) is 48.7 Å². The largest absolute Gasteiger partial charge is 0.379 e. The van der Waals surface area contributed by atoms with Crippen molar-refractivity contribution < 1.29 is 0 Å². The Balaban J connectivity index is 1.94. The fourth-order valence-corrected chi connectivity index (χ4v) is 2.09. The van der Waals surface area contributed by atoms with E-state index in [1.54, 1.807) is 12.3 Å². The highest BCUT2D eigenvalue weighted by Gasteiger charge is 2.17. The van der Waals surface area contributed by atoms with E-state index in [2.05, 4.69) is 48.4 Å². The third kappa shape index (κ3) is 4.10. The number of nitriles is 1. The summed E-state index contributed by atoms with van der Waals surface area (Å²) in [5.74, 6) is 0. The first-order valence-electron chi connectivity index (χ1n) is 6.77. The van der Waals surface area contributed by atoms with E-state index in [0.717, 1.165) is 18.5 Å². The molecule has 0 fully saturated rings. The number of hydrogen-bond donors (Lipinski definition) is 1. The van der Waals surface area contributed by atoms with E-state index >= 15 is 0 Å². The number of hydrogen-bond acceptors (Lipinski definition) is 3. The SMILES string of the molecule is CC(C)(CCc1ccccc1)Nc1ccc(C#N)nc1. The van der Waals surface area contributed by atoms with Gasteiger partial charge < -0.3 is 5.32 Å². The van der Waals surface area contributed by atoms with Crippen LogP contribution in [0.3, 0.4) is 0 Å². The minimum absolute atomic E-state index is 0.0221. The lowest BCUT2D eigenvalue weighted by molar-refractivity contribution is 0.518. The minimum Gasteiger partial charge on any atom is -0.379 e. The van der Waals surface area contributed by atoms with Gasteiger partial charge in [-0.3, -0.25) is 0 Å². The van der Waals surface area contributed by atoms with Crippen LogP contribution in [0.5, 0.6) is 0 Å². The quantitative estimate of drug-likeness (QED) is 0.895. The smallest absolute Gasteiger partial charge is 0.140 e. The van der Waals surface area contributed by atoms with Gasteiger partial charge in [-0.1, -0.05) is 30.3 Å². The summed E-state index contributed by atoms with van der Waals surface area (Å²) >= 11 is 0. The number of benzene rings is 1. The lowest BCUT2D eigenvalue weighted by Crippen LogP contribution is -2.31. The van der Waals surface area contributed by atoms with E-state index in [9.17, 15) is 0 Å². The first-order valence-corrected chi connectivity index (χ1v) is 6.77. The molecular formula is C17H19N3. The number of aromatic nitrogens is 1. The van der Waals surface area contributed by atoms with Crippen LogP contribution in [-0.4, -0.2) is 10.5 Å². The third-order valence-corrected chi connectivity index (χ3v) is 3.24. The van der Waals surface area contributed by atoms with Gasteiger partial charge in [0.15, 0.2) is 0 Å². The second-order valence-corrected chi connectivity index (χ2v) is 5.54. The van der Waals surface area contributed by atoms with Crippen LogP contribution in [0.25, 0.3) is 0 Å². The van der Waals surface area contributed by atoms with E-state index in [0.29, 0.717) is 5.69 Å². The first-order chi connectivity index (χ1) is 9.59. The molecule has 20 heavy (non-hydrogen) atoms. The normalized spacial score (nSPS) is 10.8. The lowest BCUT2D eigenvalue weighted by atomic mass is 9.95. The number of aryl methyl sites for hydroxylation is 1. The van der Waals surface area contributed by atoms with Crippen LogP contribution in [0.4, 0.5) is 5.69 Å². The van der Waals surface area contributed by atoms with Crippen molar-refractivity contribution in [2.24, 2.45) is 0 Å². The summed E-state index contributed by atoms with van der Waals surface area (Å²) in [5, 5.41) is 12.2. The molecule has 1 N–H and O–H groups in total. The fraction of sp³-hybridized carbons (Fsp3) is 0.294. The molecule has 3 heteroatoms. The third-order valence-electron chi connectivity index (χ3n) is 3.24. The first kappa shape index (κ1) is 14.1. The van der Waals surface area contributed by atoms with Gasteiger partial charge in [0.25, 0.3) is 0 Å². The molecule has 0 atom stereocenters. The Labute approximate surface area is 120 Å². The maximum absolute atomic E-state index is 8.74. The molecule has 2 rings (SSSR count). The van der Waals surface area contributed by atoms with Crippen LogP contribution in [0.15, 0.2) is 48.7 Å². The summed E-state index contributed by atoms with van der Waals surface area (Å²) in [7, 11) is 0. The lowest BCUT2D eigenvalue weighted by Gasteiger charge is -2.27. The second kappa shape index (κ2) is 6.21. The molecule has 1 aromatic carbocycles. The van der Waals surface area contributed by atoms with E-state index in [4.69, 9.17) is 5.26 Å². The number of pyridine rings is 1. The summed E-state index contributed by atoms with van der Waals surface area (Å²) in [4.78, 5) is 4.08. The molecule has 0 aliphatic carbocycles. The van der Waals surface area contributed by atoms with Gasteiger partial charge in [0.1, 0.15) is 11.8 Å². The van der Waals surface area contributed by atoms with E-state index in [-0.39, 0.29) is 5.54 Å². The Kier molecular flexibility index (Phi) is 4.37. The molecule has 0 saturated carbocycles. The van der Waals surface area contributed by atoms with Crippen LogP contribution in [0.1, 0.15) is 31.5 Å². The van der Waals surface area contributed by atoms with Crippen molar-refractivity contribution in [3.8, 4) is 6.07 Å². The Hall–Kier alpha value is -2.34. The van der Waals surface area contributed by atoms with Crippen molar-refractivity contribution in [1.29, 1.82) is 5.26 Å². The summed E-state index contributed by atoms with van der Waals surface area (Å²) in [6.07, 6.45) is 3.77. The molecule has 0 spiro atoms. The number of nitrogens with one attached hydrogen (secondary N) is 1. The van der Waals surface area contributed by atoms with Crippen molar-refractivity contribution in [2.75, 3.05) is 5.32 Å². The summed E-state index contributed by atoms with van der Waals surface area (Å²) in [6, 6.07) is 16.1. The summed E-state index contributed by atoms with van der Waals surface area (Å²) in [6.45, 7) is 4.35. The molecule has 3 nitrogen and oxygen atoms in total. The zero-order chi connectivity index (χ0) is 14.4. The molecule has 0 aliphatic rings. The molecule has 0 radical (unpaired) electrons. The Bertz CT molecular complexity index is 580. The molecule has 1 heterocycles. The number of rotatable bonds is 5. The van der Waals surface area contributed by atoms with Crippen molar-refractivity contribution in [2.45, 2.75) is 32.2 Å². The predicted molar refractivity (Wildman–Crippen MR) is 81.4 cm³/mol. The Morgan fingerprint density at radius 2 is 1.90 bits per heavy atom. The maximum Gasteiger partial charge on any atom is 0.140 e. The molecule has 0 bridgehead atoms. The van der Waals surface area contributed by atoms with Crippen molar-refractivity contribution in [1.82, 2.24) is 4.98 Å². The highest BCUT2D eigenvalue weighted by Crippen LogP contribution is 2.19. The highest BCUT2D eigenvalue weighted by molar-refractivity contribution is 5.44. The van der Waals surface area contributed by atoms with Gasteiger partial charge in [-0.25, -0.2) is 4.98 Å². The molecule has 0 amide bonds. The summed E-state index contributed by atoms with van der Waals surface area (Å²) in [5.41, 5.74) is 2.71. The second-order valence-electron chi connectivity index (χ2n) is 5.54. The van der Waals surface area contributed by atoms with Gasteiger partial charge >= 0.3 is 0 Å². The van der Waals surface area contributed by atoms with Crippen molar-refractivity contribution in [3.63, 3.8) is 0 Å². The Morgan fingerprint density at radius 3 is 2.50 bits per heavy atom. The van der Waals surface area contributed by atoms with Gasteiger partial charge in [0.2, 0.25) is 0 Å². The number of nitrogens with zero attached hydrogens (tertiary/aromatic N) is 2. The molecule has 0 saturated heterocycles. The monoisotopic (exact) mass is 265 g/mol. The average molecular weight is 265 g/mol. The van der Waals surface area contributed by atoms with Crippen LogP contribution in [-0.2, 0) is 6.42 Å². The molecule has 1 aromatic heterocycles. The Morgan fingerprint density at radius 1 is 1.15 bits per heavy atom. The van der Waals surface area contributed by atoms with E-state index < -0.39 is 0 Å². The zero-order valence-corrected chi connectivity index (χ0v) is 11.9. The van der Waals surface area contributed by atoms with Crippen LogP contribution >= 0.6 is 0 Å². The highest BCUT2D eigenvalue weighted by atomic mass is 15.0. The fourth-order valence-electron chi connectivity index (χ4n) is 2.09. The number of anilines is 1. The van der Waals surface area contributed by atoms with Gasteiger partial charge in [0, 0.05) is 5.54 Å². The van der Waals surface area contributed by atoms with Gasteiger partial charge in [-0.15, -0.1) is 0 Å². The van der Waals surface area contributed by atoms with Crippen LogP contribution in [0, 0.1) is 11.3 Å². The average Bonchev–Trinajstić information content (AvgIpc) is 2.47. The van der Waals surface area contributed by atoms with Crippen LogP contribution < -0.4 is 5.32 Å². The van der Waals surface area contributed by atoms with Gasteiger partial charge in [-0.05, 0) is 44.4 Å². The van der Waals surface area contributed by atoms with Crippen molar-refractivity contribution >= 4 is 5.69 Å². The zero-order valence-electron chi connectivity index (χ0n) is 11.9. The standard InChI is InChI=1S/C17H19N3/c1-17(2,11-10-14-6-4-3-5-7-14)20-16-9-8-15(12-18)19-13-16/h3-9,13,20H,10-11H2,1-2H3. The van der Waals surface area contributed by atoms with Crippen molar-refractivity contribution in [3.05, 3.63) is 59.9 Å². The summed E-state index contributed by atoms with van der Waals surface area (Å²) < 4.78 is 0. The van der Waals surface area contributed by atoms with Crippen LogP contribution in [0.2, 0.25) is 0 Å².